The number of Topliss-reactive ketones (excluding diaryl/α,β-unsaturated/α-hetero) is 1. The van der Waals surface area contributed by atoms with Crippen molar-refractivity contribution in [1.29, 1.82) is 0 Å². The standard InChI is InChI=1S/C21H28F3N3O6/c1-2-3-15(28)19(32)27-11-20(5-6-20)9-14(27)18(31)26-13(8-12-4-7-25-17(12)30)16(29)10-33-21(22,23)24/h2,12-15,28H,1,3-11H2,(H,25,30)(H,26,31)/t12-,13-,14-,15+/m0/s1. The molecule has 2 aliphatic heterocycles. The summed E-state index contributed by atoms with van der Waals surface area (Å²) < 4.78 is 40.9. The van der Waals surface area contributed by atoms with E-state index in [2.05, 4.69) is 21.9 Å². The molecule has 3 amide bonds. The molecule has 1 aliphatic carbocycles. The van der Waals surface area contributed by atoms with Gasteiger partial charge in [0.15, 0.2) is 5.78 Å². The summed E-state index contributed by atoms with van der Waals surface area (Å²) in [6.07, 6.45) is -2.87. The number of hydrogen-bond donors (Lipinski definition) is 3. The van der Waals surface area contributed by atoms with E-state index >= 15 is 0 Å². The highest BCUT2D eigenvalue weighted by molar-refractivity contribution is 5.95. The molecule has 3 fully saturated rings. The van der Waals surface area contributed by atoms with Crippen LogP contribution in [0.2, 0.25) is 0 Å². The highest BCUT2D eigenvalue weighted by atomic mass is 19.4. The van der Waals surface area contributed by atoms with Crippen molar-refractivity contribution >= 4 is 23.5 Å². The molecule has 2 saturated heterocycles. The monoisotopic (exact) mass is 475 g/mol. The molecule has 1 saturated carbocycles. The van der Waals surface area contributed by atoms with E-state index in [1.54, 1.807) is 0 Å². The number of rotatable bonds is 10. The maximum atomic E-state index is 13.1. The Morgan fingerprint density at radius 3 is 2.61 bits per heavy atom. The molecule has 184 valence electrons. The van der Waals surface area contributed by atoms with E-state index in [0.29, 0.717) is 19.4 Å². The van der Waals surface area contributed by atoms with Gasteiger partial charge in [-0.25, -0.2) is 0 Å². The van der Waals surface area contributed by atoms with E-state index in [0.717, 1.165) is 12.8 Å². The molecule has 0 bridgehead atoms. The zero-order chi connectivity index (χ0) is 24.4. The van der Waals surface area contributed by atoms with Crippen LogP contribution in [-0.4, -0.2) is 77.8 Å². The van der Waals surface area contributed by atoms with Crippen LogP contribution in [0.15, 0.2) is 12.7 Å². The number of ketones is 1. The summed E-state index contributed by atoms with van der Waals surface area (Å²) >= 11 is 0. The van der Waals surface area contributed by atoms with Crippen LogP contribution in [0.25, 0.3) is 0 Å². The Labute approximate surface area is 188 Å². The van der Waals surface area contributed by atoms with Crippen molar-refractivity contribution in [2.24, 2.45) is 11.3 Å². The lowest BCUT2D eigenvalue weighted by Crippen LogP contribution is -2.53. The number of carbonyl (C=O) groups is 4. The van der Waals surface area contributed by atoms with Gasteiger partial charge in [0, 0.05) is 25.4 Å². The molecule has 0 aromatic heterocycles. The van der Waals surface area contributed by atoms with E-state index in [4.69, 9.17) is 0 Å². The molecule has 3 aliphatic rings. The third kappa shape index (κ3) is 6.32. The van der Waals surface area contributed by atoms with Crippen LogP contribution in [0.5, 0.6) is 0 Å². The zero-order valence-electron chi connectivity index (χ0n) is 18.0. The number of alkyl halides is 3. The van der Waals surface area contributed by atoms with Crippen molar-refractivity contribution in [2.75, 3.05) is 19.7 Å². The maximum absolute atomic E-state index is 13.1. The lowest BCUT2D eigenvalue weighted by Gasteiger charge is -2.28. The molecular formula is C21H28F3N3O6. The smallest absolute Gasteiger partial charge is 0.383 e. The fourth-order valence-electron chi connectivity index (χ4n) is 4.46. The minimum absolute atomic E-state index is 0.00333. The molecular weight excluding hydrogens is 447 g/mol. The van der Waals surface area contributed by atoms with Gasteiger partial charge < -0.3 is 20.6 Å². The third-order valence-electron chi connectivity index (χ3n) is 6.49. The van der Waals surface area contributed by atoms with Gasteiger partial charge in [-0.3, -0.25) is 23.9 Å². The summed E-state index contributed by atoms with van der Waals surface area (Å²) in [5.41, 5.74) is -0.226. The molecule has 2 heterocycles. The third-order valence-corrected chi connectivity index (χ3v) is 6.49. The first-order chi connectivity index (χ1) is 15.4. The van der Waals surface area contributed by atoms with Gasteiger partial charge in [0.05, 0.1) is 6.04 Å². The molecule has 9 nitrogen and oxygen atoms in total. The van der Waals surface area contributed by atoms with E-state index in [1.165, 1.54) is 11.0 Å². The maximum Gasteiger partial charge on any atom is 0.522 e. The Morgan fingerprint density at radius 2 is 2.06 bits per heavy atom. The SMILES string of the molecule is C=CC[C@@H](O)C(=O)N1CC2(CC2)C[C@H]1C(=O)N[C@@H](C[C@@H]1CCNC1=O)C(=O)COC(F)(F)F. The summed E-state index contributed by atoms with van der Waals surface area (Å²) in [6.45, 7) is 2.82. The zero-order valence-corrected chi connectivity index (χ0v) is 18.0. The second kappa shape index (κ2) is 9.80. The van der Waals surface area contributed by atoms with Gasteiger partial charge in [0.2, 0.25) is 11.8 Å². The first kappa shape index (κ1) is 25.2. The van der Waals surface area contributed by atoms with Crippen LogP contribution in [0.4, 0.5) is 13.2 Å². The number of carbonyl (C=O) groups excluding carboxylic acids is 4. The average molecular weight is 475 g/mol. The Bertz CT molecular complexity index is 814. The van der Waals surface area contributed by atoms with Crippen molar-refractivity contribution in [3.63, 3.8) is 0 Å². The van der Waals surface area contributed by atoms with E-state index in [-0.39, 0.29) is 30.7 Å². The molecule has 33 heavy (non-hydrogen) atoms. The van der Waals surface area contributed by atoms with Crippen molar-refractivity contribution < 1.29 is 42.2 Å². The van der Waals surface area contributed by atoms with Gasteiger partial charge in [-0.05, 0) is 37.5 Å². The molecule has 0 aromatic carbocycles. The summed E-state index contributed by atoms with van der Waals surface area (Å²) in [4.78, 5) is 51.5. The predicted molar refractivity (Wildman–Crippen MR) is 107 cm³/mol. The fourth-order valence-corrected chi connectivity index (χ4v) is 4.46. The normalized spacial score (nSPS) is 25.5. The molecule has 3 N–H and O–H groups in total. The number of nitrogens with zero attached hydrogens (tertiary/aromatic N) is 1. The Hall–Kier alpha value is -2.47. The fraction of sp³-hybridized carbons (Fsp3) is 0.714. The highest BCUT2D eigenvalue weighted by Gasteiger charge is 2.56. The number of likely N-dealkylation sites (tertiary alicyclic amines) is 1. The van der Waals surface area contributed by atoms with Gasteiger partial charge in [-0.1, -0.05) is 6.08 Å². The van der Waals surface area contributed by atoms with E-state index in [9.17, 15) is 37.5 Å². The largest absolute Gasteiger partial charge is 0.522 e. The second-order valence-corrected chi connectivity index (χ2v) is 9.00. The summed E-state index contributed by atoms with van der Waals surface area (Å²) in [7, 11) is 0. The number of hydrogen-bond acceptors (Lipinski definition) is 6. The molecule has 3 rings (SSSR count). The van der Waals surface area contributed by atoms with Crippen LogP contribution >= 0.6 is 0 Å². The van der Waals surface area contributed by atoms with E-state index in [1.807, 2.05) is 0 Å². The molecule has 12 heteroatoms. The Kier molecular flexibility index (Phi) is 7.47. The number of halogens is 3. The van der Waals surface area contributed by atoms with Crippen LogP contribution in [-0.2, 0) is 23.9 Å². The number of amides is 3. The molecule has 4 atom stereocenters. The van der Waals surface area contributed by atoms with Crippen molar-refractivity contribution in [2.45, 2.75) is 63.1 Å². The number of aliphatic hydroxyl groups is 1. The second-order valence-electron chi connectivity index (χ2n) is 9.00. The van der Waals surface area contributed by atoms with Crippen LogP contribution < -0.4 is 10.6 Å². The molecule has 0 radical (unpaired) electrons. The Morgan fingerprint density at radius 1 is 1.36 bits per heavy atom. The molecule has 0 unspecified atom stereocenters. The van der Waals surface area contributed by atoms with Crippen LogP contribution in [0, 0.1) is 11.3 Å². The van der Waals surface area contributed by atoms with Crippen molar-refractivity contribution in [1.82, 2.24) is 15.5 Å². The van der Waals surface area contributed by atoms with E-state index < -0.39 is 54.7 Å². The van der Waals surface area contributed by atoms with Gasteiger partial charge in [-0.2, -0.15) is 0 Å². The molecule has 1 spiro atoms. The number of ether oxygens (including phenoxy) is 1. The van der Waals surface area contributed by atoms with Gasteiger partial charge >= 0.3 is 6.36 Å². The van der Waals surface area contributed by atoms with Crippen molar-refractivity contribution in [3.05, 3.63) is 12.7 Å². The minimum atomic E-state index is -5.02. The van der Waals surface area contributed by atoms with Crippen LogP contribution in [0.1, 0.15) is 38.5 Å². The lowest BCUT2D eigenvalue weighted by atomic mass is 9.95. The first-order valence-electron chi connectivity index (χ1n) is 10.9. The van der Waals surface area contributed by atoms with Crippen molar-refractivity contribution in [3.8, 4) is 0 Å². The number of nitrogens with one attached hydrogen (secondary N) is 2. The quantitative estimate of drug-likeness (QED) is 0.394. The summed E-state index contributed by atoms with van der Waals surface area (Å²) in [6, 6.07) is -2.37. The molecule has 0 aromatic rings. The van der Waals surface area contributed by atoms with Crippen LogP contribution in [0.3, 0.4) is 0 Å². The van der Waals surface area contributed by atoms with Gasteiger partial charge in [0.25, 0.3) is 5.91 Å². The summed E-state index contributed by atoms with van der Waals surface area (Å²) in [5, 5.41) is 15.1. The number of aliphatic hydroxyl groups excluding tert-OH is 1. The summed E-state index contributed by atoms with van der Waals surface area (Å²) in [5.74, 6) is -3.36. The minimum Gasteiger partial charge on any atom is -0.383 e. The lowest BCUT2D eigenvalue weighted by molar-refractivity contribution is -0.321. The Balaban J connectivity index is 1.73. The highest BCUT2D eigenvalue weighted by Crippen LogP contribution is 2.55. The van der Waals surface area contributed by atoms with Gasteiger partial charge in [-0.15, -0.1) is 19.8 Å². The predicted octanol–water partition coefficient (Wildman–Crippen LogP) is 0.421. The average Bonchev–Trinajstić information content (AvgIpc) is 3.20. The first-order valence-corrected chi connectivity index (χ1v) is 10.9. The topological polar surface area (TPSA) is 125 Å². The van der Waals surface area contributed by atoms with Gasteiger partial charge in [0.1, 0.15) is 18.8 Å².